The summed E-state index contributed by atoms with van der Waals surface area (Å²) in [5.41, 5.74) is 2.05. The number of benzene rings is 2. The van der Waals surface area contributed by atoms with Crippen molar-refractivity contribution in [2.24, 2.45) is 0 Å². The van der Waals surface area contributed by atoms with Crippen LogP contribution in [-0.2, 0) is 16.6 Å². The summed E-state index contributed by atoms with van der Waals surface area (Å²) < 4.78 is 25.1. The Morgan fingerprint density at radius 1 is 1.14 bits per heavy atom. The zero-order valence-corrected chi connectivity index (χ0v) is 17.3. The van der Waals surface area contributed by atoms with Gasteiger partial charge in [0.05, 0.1) is 6.26 Å². The molecule has 1 saturated heterocycles. The SMILES string of the molecule is CS(=O)(=O)Nc1cccc(C(=O)NC2CCN(Cc3ccc(Cl)cc3)CC2)c1. The maximum absolute atomic E-state index is 12.5. The van der Waals surface area contributed by atoms with E-state index in [4.69, 9.17) is 11.6 Å². The molecule has 1 fully saturated rings. The molecule has 2 aromatic rings. The smallest absolute Gasteiger partial charge is 0.251 e. The fourth-order valence-corrected chi connectivity index (χ4v) is 3.97. The Morgan fingerprint density at radius 3 is 2.46 bits per heavy atom. The van der Waals surface area contributed by atoms with Crippen LogP contribution in [0.5, 0.6) is 0 Å². The third-order valence-corrected chi connectivity index (χ3v) is 5.53. The molecule has 0 spiro atoms. The van der Waals surface area contributed by atoms with E-state index < -0.39 is 10.0 Å². The van der Waals surface area contributed by atoms with Crippen LogP contribution < -0.4 is 10.0 Å². The molecule has 0 unspecified atom stereocenters. The van der Waals surface area contributed by atoms with Crippen molar-refractivity contribution in [1.82, 2.24) is 10.2 Å². The van der Waals surface area contributed by atoms with Gasteiger partial charge in [0, 0.05) is 41.9 Å². The maximum Gasteiger partial charge on any atom is 0.251 e. The van der Waals surface area contributed by atoms with Gasteiger partial charge < -0.3 is 5.32 Å². The van der Waals surface area contributed by atoms with Crippen LogP contribution in [0.25, 0.3) is 0 Å². The van der Waals surface area contributed by atoms with Gasteiger partial charge in [-0.1, -0.05) is 29.8 Å². The number of carbonyl (C=O) groups excluding carboxylic acids is 1. The van der Waals surface area contributed by atoms with E-state index in [0.29, 0.717) is 11.3 Å². The Hall–Kier alpha value is -2.09. The number of carbonyl (C=O) groups is 1. The second kappa shape index (κ2) is 8.94. The van der Waals surface area contributed by atoms with Crippen molar-refractivity contribution in [2.45, 2.75) is 25.4 Å². The molecule has 0 bridgehead atoms. The highest BCUT2D eigenvalue weighted by Crippen LogP contribution is 2.17. The summed E-state index contributed by atoms with van der Waals surface area (Å²) in [4.78, 5) is 14.9. The number of anilines is 1. The fraction of sp³-hybridized carbons (Fsp3) is 0.350. The molecule has 1 aliphatic heterocycles. The molecule has 2 aromatic carbocycles. The summed E-state index contributed by atoms with van der Waals surface area (Å²) in [5, 5.41) is 3.79. The molecule has 1 aliphatic rings. The Bertz CT molecular complexity index is 924. The molecule has 1 heterocycles. The number of amides is 1. The first kappa shape index (κ1) is 20.6. The highest BCUT2D eigenvalue weighted by atomic mass is 35.5. The van der Waals surface area contributed by atoms with E-state index in [2.05, 4.69) is 14.9 Å². The average molecular weight is 422 g/mol. The molecular formula is C20H24ClN3O3S. The van der Waals surface area contributed by atoms with Gasteiger partial charge in [-0.25, -0.2) is 8.42 Å². The van der Waals surface area contributed by atoms with E-state index in [1.165, 1.54) is 5.56 Å². The molecule has 6 nitrogen and oxygen atoms in total. The number of nitrogens with zero attached hydrogens (tertiary/aromatic N) is 1. The monoisotopic (exact) mass is 421 g/mol. The van der Waals surface area contributed by atoms with Crippen molar-refractivity contribution < 1.29 is 13.2 Å². The zero-order chi connectivity index (χ0) is 20.1. The van der Waals surface area contributed by atoms with Gasteiger partial charge >= 0.3 is 0 Å². The summed E-state index contributed by atoms with van der Waals surface area (Å²) in [7, 11) is -3.38. The van der Waals surface area contributed by atoms with Crippen LogP contribution in [0.2, 0.25) is 5.02 Å². The lowest BCUT2D eigenvalue weighted by Gasteiger charge is -2.32. The number of hydrogen-bond donors (Lipinski definition) is 2. The number of likely N-dealkylation sites (tertiary alicyclic amines) is 1. The highest BCUT2D eigenvalue weighted by molar-refractivity contribution is 7.92. The second-order valence-electron chi connectivity index (χ2n) is 7.11. The lowest BCUT2D eigenvalue weighted by Crippen LogP contribution is -2.44. The van der Waals surface area contributed by atoms with Crippen LogP contribution in [0.4, 0.5) is 5.69 Å². The van der Waals surface area contributed by atoms with E-state index in [9.17, 15) is 13.2 Å². The summed E-state index contributed by atoms with van der Waals surface area (Å²) >= 11 is 5.93. The van der Waals surface area contributed by atoms with Crippen LogP contribution in [0, 0.1) is 0 Å². The van der Waals surface area contributed by atoms with Crippen LogP contribution >= 0.6 is 11.6 Å². The van der Waals surface area contributed by atoms with E-state index >= 15 is 0 Å². The third kappa shape index (κ3) is 6.22. The van der Waals surface area contributed by atoms with Crippen LogP contribution in [-0.4, -0.2) is 44.6 Å². The van der Waals surface area contributed by atoms with Gasteiger partial charge in [0.25, 0.3) is 5.91 Å². The van der Waals surface area contributed by atoms with Gasteiger partial charge in [-0.3, -0.25) is 14.4 Å². The van der Waals surface area contributed by atoms with E-state index in [1.807, 2.05) is 24.3 Å². The van der Waals surface area contributed by atoms with Gasteiger partial charge in [-0.15, -0.1) is 0 Å². The molecule has 3 rings (SSSR count). The average Bonchev–Trinajstić information content (AvgIpc) is 2.64. The van der Waals surface area contributed by atoms with Crippen molar-refractivity contribution >= 4 is 33.2 Å². The first-order valence-corrected chi connectivity index (χ1v) is 11.4. The second-order valence-corrected chi connectivity index (χ2v) is 9.29. The molecule has 1 amide bonds. The Balaban J connectivity index is 1.51. The van der Waals surface area contributed by atoms with E-state index in [-0.39, 0.29) is 11.9 Å². The van der Waals surface area contributed by atoms with Crippen molar-refractivity contribution in [3.63, 3.8) is 0 Å². The Morgan fingerprint density at radius 2 is 1.82 bits per heavy atom. The molecule has 2 N–H and O–H groups in total. The van der Waals surface area contributed by atoms with Gasteiger partial charge in [0.15, 0.2) is 0 Å². The molecule has 0 radical (unpaired) electrons. The molecule has 0 atom stereocenters. The van der Waals surface area contributed by atoms with Gasteiger partial charge in [0.2, 0.25) is 10.0 Å². The molecule has 28 heavy (non-hydrogen) atoms. The van der Waals surface area contributed by atoms with Crippen LogP contribution in [0.1, 0.15) is 28.8 Å². The fourth-order valence-electron chi connectivity index (χ4n) is 3.29. The number of piperidine rings is 1. The van der Waals surface area contributed by atoms with Crippen molar-refractivity contribution in [2.75, 3.05) is 24.1 Å². The van der Waals surface area contributed by atoms with E-state index in [1.54, 1.807) is 24.3 Å². The molecule has 0 saturated carbocycles. The van der Waals surface area contributed by atoms with E-state index in [0.717, 1.165) is 43.8 Å². The number of hydrogen-bond acceptors (Lipinski definition) is 4. The topological polar surface area (TPSA) is 78.5 Å². The first-order valence-electron chi connectivity index (χ1n) is 9.14. The number of nitrogens with one attached hydrogen (secondary N) is 2. The van der Waals surface area contributed by atoms with Crippen molar-refractivity contribution in [3.8, 4) is 0 Å². The molecular weight excluding hydrogens is 398 g/mol. The van der Waals surface area contributed by atoms with Gasteiger partial charge in [-0.05, 0) is 48.7 Å². The zero-order valence-electron chi connectivity index (χ0n) is 15.7. The Labute approximate surface area is 170 Å². The minimum atomic E-state index is -3.38. The predicted molar refractivity (Wildman–Crippen MR) is 112 cm³/mol. The third-order valence-electron chi connectivity index (χ3n) is 4.67. The van der Waals surface area contributed by atoms with Crippen molar-refractivity contribution in [3.05, 3.63) is 64.7 Å². The maximum atomic E-state index is 12.5. The number of halogens is 1. The molecule has 8 heteroatoms. The standard InChI is InChI=1S/C20H24ClN3O3S/c1-28(26,27)23-19-4-2-3-16(13-19)20(25)22-18-9-11-24(12-10-18)14-15-5-7-17(21)8-6-15/h2-8,13,18,23H,9-12,14H2,1H3,(H,22,25). The van der Waals surface area contributed by atoms with Gasteiger partial charge in [-0.2, -0.15) is 0 Å². The summed E-state index contributed by atoms with van der Waals surface area (Å²) in [6.07, 6.45) is 2.83. The summed E-state index contributed by atoms with van der Waals surface area (Å²) in [6.45, 7) is 2.68. The summed E-state index contributed by atoms with van der Waals surface area (Å²) in [6, 6.07) is 14.5. The highest BCUT2D eigenvalue weighted by Gasteiger charge is 2.21. The lowest BCUT2D eigenvalue weighted by atomic mass is 10.0. The predicted octanol–water partition coefficient (Wildman–Crippen LogP) is 3.11. The largest absolute Gasteiger partial charge is 0.349 e. The van der Waals surface area contributed by atoms with Crippen molar-refractivity contribution in [1.29, 1.82) is 0 Å². The Kier molecular flexibility index (Phi) is 6.59. The minimum absolute atomic E-state index is 0.112. The number of sulfonamides is 1. The summed E-state index contributed by atoms with van der Waals surface area (Å²) in [5.74, 6) is -0.187. The normalized spacial score (nSPS) is 15.9. The van der Waals surface area contributed by atoms with Crippen LogP contribution in [0.3, 0.4) is 0 Å². The van der Waals surface area contributed by atoms with Crippen LogP contribution in [0.15, 0.2) is 48.5 Å². The number of rotatable bonds is 6. The molecule has 0 aromatic heterocycles. The quantitative estimate of drug-likeness (QED) is 0.751. The molecule has 150 valence electrons. The molecule has 0 aliphatic carbocycles. The lowest BCUT2D eigenvalue weighted by molar-refractivity contribution is 0.0909. The first-order chi connectivity index (χ1) is 13.3. The minimum Gasteiger partial charge on any atom is -0.349 e. The van der Waals surface area contributed by atoms with Gasteiger partial charge in [0.1, 0.15) is 0 Å².